The van der Waals surface area contributed by atoms with Crippen LogP contribution in [0.3, 0.4) is 0 Å². The van der Waals surface area contributed by atoms with E-state index < -0.39 is 12.5 Å². The summed E-state index contributed by atoms with van der Waals surface area (Å²) in [5, 5.41) is 20.5. The first-order valence-corrected chi connectivity index (χ1v) is 6.15. The number of nitrogens with one attached hydrogen (secondary N) is 1. The SMILES string of the molecule is OCC(O)CNCc1ccc(OC(F)(F)F)c(Br)c1. The summed E-state index contributed by atoms with van der Waals surface area (Å²) >= 11 is 2.99. The van der Waals surface area contributed by atoms with Crippen LogP contribution in [0.25, 0.3) is 0 Å². The maximum atomic E-state index is 12.0. The predicted molar refractivity (Wildman–Crippen MR) is 65.6 cm³/mol. The summed E-state index contributed by atoms with van der Waals surface area (Å²) in [6, 6.07) is 4.17. The second kappa shape index (κ2) is 7.09. The maximum absolute atomic E-state index is 12.0. The molecule has 1 aromatic carbocycles. The average Bonchev–Trinajstić information content (AvgIpc) is 2.31. The molecule has 19 heavy (non-hydrogen) atoms. The van der Waals surface area contributed by atoms with Gasteiger partial charge >= 0.3 is 6.36 Å². The van der Waals surface area contributed by atoms with Crippen molar-refractivity contribution in [1.82, 2.24) is 5.32 Å². The standard InChI is InChI=1S/C11H13BrF3NO3/c12-9-3-7(4-16-5-8(18)6-17)1-2-10(9)19-11(13,14)15/h1-3,8,16-18H,4-6H2. The molecule has 108 valence electrons. The Labute approximate surface area is 116 Å². The number of aliphatic hydroxyl groups is 2. The van der Waals surface area contributed by atoms with Gasteiger partial charge < -0.3 is 20.3 Å². The maximum Gasteiger partial charge on any atom is 0.573 e. The van der Waals surface area contributed by atoms with Crippen molar-refractivity contribution in [2.45, 2.75) is 19.0 Å². The Morgan fingerprint density at radius 3 is 2.58 bits per heavy atom. The summed E-state index contributed by atoms with van der Waals surface area (Å²) in [7, 11) is 0. The zero-order valence-corrected chi connectivity index (χ0v) is 11.3. The van der Waals surface area contributed by atoms with E-state index in [0.717, 1.165) is 0 Å². The average molecular weight is 344 g/mol. The molecule has 1 atom stereocenters. The highest BCUT2D eigenvalue weighted by Gasteiger charge is 2.31. The van der Waals surface area contributed by atoms with Crippen molar-refractivity contribution in [3.05, 3.63) is 28.2 Å². The molecule has 8 heteroatoms. The van der Waals surface area contributed by atoms with Gasteiger partial charge in [-0.25, -0.2) is 0 Å². The number of hydrogen-bond acceptors (Lipinski definition) is 4. The zero-order valence-electron chi connectivity index (χ0n) is 9.75. The molecule has 1 aromatic rings. The lowest BCUT2D eigenvalue weighted by atomic mass is 10.2. The number of alkyl halides is 3. The summed E-state index contributed by atoms with van der Waals surface area (Å²) < 4.78 is 40.1. The molecule has 0 aliphatic carbocycles. The molecule has 3 N–H and O–H groups in total. The molecule has 0 aliphatic rings. The van der Waals surface area contributed by atoms with E-state index in [1.807, 2.05) is 0 Å². The molecule has 0 bridgehead atoms. The van der Waals surface area contributed by atoms with E-state index in [4.69, 9.17) is 10.2 Å². The van der Waals surface area contributed by atoms with Crippen LogP contribution in [0.5, 0.6) is 5.75 Å². The summed E-state index contributed by atoms with van der Waals surface area (Å²) in [6.45, 7) is 0.186. The van der Waals surface area contributed by atoms with Crippen molar-refractivity contribution in [2.24, 2.45) is 0 Å². The van der Waals surface area contributed by atoms with Crippen LogP contribution in [0.15, 0.2) is 22.7 Å². The van der Waals surface area contributed by atoms with Gasteiger partial charge in [0.25, 0.3) is 0 Å². The number of hydrogen-bond donors (Lipinski definition) is 3. The molecule has 0 spiro atoms. The minimum absolute atomic E-state index is 0.187. The van der Waals surface area contributed by atoms with E-state index in [1.165, 1.54) is 18.2 Å². The largest absolute Gasteiger partial charge is 0.573 e. The van der Waals surface area contributed by atoms with Crippen LogP contribution in [0.1, 0.15) is 5.56 Å². The van der Waals surface area contributed by atoms with Crippen LogP contribution in [-0.2, 0) is 6.54 Å². The van der Waals surface area contributed by atoms with Crippen molar-refractivity contribution in [2.75, 3.05) is 13.2 Å². The fourth-order valence-corrected chi connectivity index (χ4v) is 1.82. The number of aliphatic hydroxyl groups excluding tert-OH is 2. The molecule has 0 heterocycles. The number of ether oxygens (including phenoxy) is 1. The molecule has 0 fully saturated rings. The highest BCUT2D eigenvalue weighted by molar-refractivity contribution is 9.10. The molecular formula is C11H13BrF3NO3. The van der Waals surface area contributed by atoms with Crippen LogP contribution < -0.4 is 10.1 Å². The first-order valence-electron chi connectivity index (χ1n) is 5.35. The highest BCUT2D eigenvalue weighted by atomic mass is 79.9. The van der Waals surface area contributed by atoms with Crippen molar-refractivity contribution < 1.29 is 28.1 Å². The van der Waals surface area contributed by atoms with Gasteiger partial charge in [0.05, 0.1) is 17.2 Å². The van der Waals surface area contributed by atoms with Crippen LogP contribution in [0.4, 0.5) is 13.2 Å². The number of benzene rings is 1. The van der Waals surface area contributed by atoms with Crippen LogP contribution >= 0.6 is 15.9 Å². The minimum Gasteiger partial charge on any atom is -0.405 e. The summed E-state index contributed by atoms with van der Waals surface area (Å²) in [6.07, 6.45) is -5.59. The van der Waals surface area contributed by atoms with Gasteiger partial charge in [-0.1, -0.05) is 6.07 Å². The minimum atomic E-state index is -4.73. The lowest BCUT2D eigenvalue weighted by Crippen LogP contribution is -2.28. The predicted octanol–water partition coefficient (Wildman–Crippen LogP) is 1.79. The second-order valence-electron chi connectivity index (χ2n) is 3.78. The molecule has 1 rings (SSSR count). The van der Waals surface area contributed by atoms with Crippen LogP contribution in [0.2, 0.25) is 0 Å². The van der Waals surface area contributed by atoms with Crippen LogP contribution in [-0.4, -0.2) is 35.8 Å². The smallest absolute Gasteiger partial charge is 0.405 e. The fraction of sp³-hybridized carbons (Fsp3) is 0.455. The molecule has 0 aromatic heterocycles. The molecule has 0 radical (unpaired) electrons. The molecule has 0 saturated heterocycles. The van der Waals surface area contributed by atoms with Gasteiger partial charge in [0.1, 0.15) is 5.75 Å². The first-order chi connectivity index (χ1) is 8.81. The summed E-state index contributed by atoms with van der Waals surface area (Å²) in [5.41, 5.74) is 0.714. The van der Waals surface area contributed by atoms with Gasteiger partial charge in [0, 0.05) is 13.1 Å². The van der Waals surface area contributed by atoms with E-state index in [9.17, 15) is 13.2 Å². The summed E-state index contributed by atoms with van der Waals surface area (Å²) in [4.78, 5) is 0. The van der Waals surface area contributed by atoms with Crippen molar-refractivity contribution >= 4 is 15.9 Å². The Morgan fingerprint density at radius 2 is 2.05 bits per heavy atom. The quantitative estimate of drug-likeness (QED) is 0.737. The van der Waals surface area contributed by atoms with Gasteiger partial charge in [-0.15, -0.1) is 13.2 Å². The molecule has 0 saturated carbocycles. The highest BCUT2D eigenvalue weighted by Crippen LogP contribution is 2.30. The molecule has 0 amide bonds. The first kappa shape index (κ1) is 16.2. The topological polar surface area (TPSA) is 61.7 Å². The normalized spacial score (nSPS) is 13.4. The Bertz CT molecular complexity index is 415. The van der Waals surface area contributed by atoms with Gasteiger partial charge in [0.15, 0.2) is 0 Å². The molecule has 1 unspecified atom stereocenters. The van der Waals surface area contributed by atoms with Gasteiger partial charge in [-0.05, 0) is 33.6 Å². The number of halogens is 4. The van der Waals surface area contributed by atoms with E-state index in [2.05, 4.69) is 26.0 Å². The van der Waals surface area contributed by atoms with E-state index >= 15 is 0 Å². The van der Waals surface area contributed by atoms with Crippen molar-refractivity contribution in [3.63, 3.8) is 0 Å². The van der Waals surface area contributed by atoms with Crippen molar-refractivity contribution in [1.29, 1.82) is 0 Å². The van der Waals surface area contributed by atoms with Gasteiger partial charge in [0.2, 0.25) is 0 Å². The third-order valence-electron chi connectivity index (χ3n) is 2.14. The zero-order chi connectivity index (χ0) is 14.5. The summed E-state index contributed by atoms with van der Waals surface area (Å²) in [5.74, 6) is -0.313. The third kappa shape index (κ3) is 6.24. The lowest BCUT2D eigenvalue weighted by molar-refractivity contribution is -0.274. The third-order valence-corrected chi connectivity index (χ3v) is 2.76. The van der Waals surface area contributed by atoms with Crippen molar-refractivity contribution in [3.8, 4) is 5.75 Å². The fourth-order valence-electron chi connectivity index (χ4n) is 1.31. The van der Waals surface area contributed by atoms with E-state index in [1.54, 1.807) is 0 Å². The Kier molecular flexibility index (Phi) is 6.05. The lowest BCUT2D eigenvalue weighted by Gasteiger charge is -2.12. The monoisotopic (exact) mass is 343 g/mol. The molecule has 0 aliphatic heterocycles. The van der Waals surface area contributed by atoms with Gasteiger partial charge in [-0.3, -0.25) is 0 Å². The van der Waals surface area contributed by atoms with Crippen LogP contribution in [0, 0.1) is 0 Å². The molecule has 4 nitrogen and oxygen atoms in total. The Balaban J connectivity index is 2.57. The Morgan fingerprint density at radius 1 is 1.37 bits per heavy atom. The number of rotatable bonds is 6. The van der Waals surface area contributed by atoms with Gasteiger partial charge in [-0.2, -0.15) is 0 Å². The van der Waals surface area contributed by atoms with E-state index in [-0.39, 0.29) is 23.4 Å². The second-order valence-corrected chi connectivity index (χ2v) is 4.63. The van der Waals surface area contributed by atoms with E-state index in [0.29, 0.717) is 12.1 Å². The Hall–Kier alpha value is -0.830. The molecular weight excluding hydrogens is 331 g/mol.